The molecule has 0 radical (unpaired) electrons. The quantitative estimate of drug-likeness (QED) is 0.758. The summed E-state index contributed by atoms with van der Waals surface area (Å²) in [6.45, 7) is 6.33. The molecule has 0 bridgehead atoms. The molecule has 5 heteroatoms. The van der Waals surface area contributed by atoms with E-state index in [1.165, 1.54) is 0 Å². The number of likely N-dealkylation sites (tertiary alicyclic amines) is 1. The lowest BCUT2D eigenvalue weighted by Crippen LogP contribution is -2.45. The molecule has 106 valence electrons. The molecule has 2 atom stereocenters. The molecule has 0 saturated carbocycles. The van der Waals surface area contributed by atoms with Gasteiger partial charge in [-0.3, -0.25) is 4.79 Å². The average molecular weight is 266 g/mol. The molecule has 1 aliphatic heterocycles. The molecule has 1 aliphatic rings. The van der Waals surface area contributed by atoms with E-state index in [0.717, 1.165) is 0 Å². The van der Waals surface area contributed by atoms with E-state index in [4.69, 9.17) is 6.42 Å². The molecule has 1 fully saturated rings. The molecule has 0 aromatic carbocycles. The fraction of sp³-hybridized carbons (Fsp3) is 0.714. The van der Waals surface area contributed by atoms with Crippen LogP contribution in [-0.4, -0.2) is 41.1 Å². The number of terminal acetylenes is 1. The van der Waals surface area contributed by atoms with Crippen LogP contribution in [0.25, 0.3) is 0 Å². The minimum absolute atomic E-state index is 0.00840. The summed E-state index contributed by atoms with van der Waals surface area (Å²) in [6, 6.07) is -0.331. The van der Waals surface area contributed by atoms with Gasteiger partial charge in [0.1, 0.15) is 0 Å². The van der Waals surface area contributed by atoms with Gasteiger partial charge in [0.05, 0.1) is 5.41 Å². The number of amides is 2. The predicted octanol–water partition coefficient (Wildman–Crippen LogP) is 1.54. The van der Waals surface area contributed by atoms with Crippen LogP contribution in [0.15, 0.2) is 0 Å². The van der Waals surface area contributed by atoms with Crippen LogP contribution in [0, 0.1) is 23.7 Å². The molecule has 1 heterocycles. The number of hydrogen-bond acceptors (Lipinski definition) is 2. The van der Waals surface area contributed by atoms with E-state index < -0.39 is 11.4 Å². The second-order valence-corrected chi connectivity index (χ2v) is 5.55. The third-order valence-electron chi connectivity index (χ3n) is 3.91. The van der Waals surface area contributed by atoms with Gasteiger partial charge >= 0.3 is 12.0 Å². The summed E-state index contributed by atoms with van der Waals surface area (Å²) in [4.78, 5) is 25.1. The molecule has 1 saturated heterocycles. The molecule has 0 aromatic heterocycles. The maximum atomic E-state index is 12.0. The van der Waals surface area contributed by atoms with Crippen LogP contribution in [0.4, 0.5) is 4.79 Å². The zero-order valence-corrected chi connectivity index (χ0v) is 11.8. The Kier molecular flexibility index (Phi) is 4.82. The van der Waals surface area contributed by atoms with Gasteiger partial charge in [-0.2, -0.15) is 0 Å². The topological polar surface area (TPSA) is 69.6 Å². The Morgan fingerprint density at radius 3 is 2.53 bits per heavy atom. The van der Waals surface area contributed by atoms with Gasteiger partial charge in [0.15, 0.2) is 0 Å². The van der Waals surface area contributed by atoms with Gasteiger partial charge < -0.3 is 15.3 Å². The van der Waals surface area contributed by atoms with Crippen molar-refractivity contribution in [3.63, 3.8) is 0 Å². The molecule has 0 aliphatic carbocycles. The highest BCUT2D eigenvalue weighted by molar-refractivity contribution is 5.80. The van der Waals surface area contributed by atoms with Crippen molar-refractivity contribution in [3.8, 4) is 12.3 Å². The van der Waals surface area contributed by atoms with Gasteiger partial charge in [-0.05, 0) is 19.3 Å². The standard InChI is InChI=1S/C14H22N2O3/c1-5-6-11(4)15-13(19)16-8-7-14(9-16,10(2)3)12(17)18/h1,10-11H,6-9H2,2-4H3,(H,15,19)(H,17,18). The summed E-state index contributed by atoms with van der Waals surface area (Å²) in [5.41, 5.74) is -0.827. The predicted molar refractivity (Wildman–Crippen MR) is 72.5 cm³/mol. The highest BCUT2D eigenvalue weighted by Crippen LogP contribution is 2.38. The summed E-state index contributed by atoms with van der Waals surface area (Å²) < 4.78 is 0. The van der Waals surface area contributed by atoms with Crippen molar-refractivity contribution >= 4 is 12.0 Å². The van der Waals surface area contributed by atoms with Crippen molar-refractivity contribution in [2.75, 3.05) is 13.1 Å². The average Bonchev–Trinajstić information content (AvgIpc) is 2.75. The van der Waals surface area contributed by atoms with Crippen molar-refractivity contribution in [2.24, 2.45) is 11.3 Å². The Balaban J connectivity index is 2.67. The number of carbonyl (C=O) groups is 2. The van der Waals surface area contributed by atoms with Crippen LogP contribution < -0.4 is 5.32 Å². The number of carboxylic acids is 1. The van der Waals surface area contributed by atoms with E-state index in [0.29, 0.717) is 19.4 Å². The molecule has 2 unspecified atom stereocenters. The van der Waals surface area contributed by atoms with E-state index in [1.807, 2.05) is 20.8 Å². The monoisotopic (exact) mass is 266 g/mol. The molecule has 2 N–H and O–H groups in total. The largest absolute Gasteiger partial charge is 0.481 e. The zero-order chi connectivity index (χ0) is 14.6. The van der Waals surface area contributed by atoms with Gasteiger partial charge in [-0.25, -0.2) is 4.79 Å². The van der Waals surface area contributed by atoms with Crippen molar-refractivity contribution in [1.82, 2.24) is 10.2 Å². The van der Waals surface area contributed by atoms with E-state index in [-0.39, 0.29) is 24.5 Å². The molecular weight excluding hydrogens is 244 g/mol. The second kappa shape index (κ2) is 5.96. The van der Waals surface area contributed by atoms with Gasteiger partial charge in [0, 0.05) is 25.6 Å². The number of nitrogens with zero attached hydrogens (tertiary/aromatic N) is 1. The van der Waals surface area contributed by atoms with Crippen LogP contribution in [-0.2, 0) is 4.79 Å². The fourth-order valence-corrected chi connectivity index (χ4v) is 2.43. The van der Waals surface area contributed by atoms with E-state index in [1.54, 1.807) is 4.90 Å². The SMILES string of the molecule is C#CCC(C)NC(=O)N1CCC(C(=O)O)(C(C)C)C1. The molecule has 19 heavy (non-hydrogen) atoms. The molecule has 1 rings (SSSR count). The lowest BCUT2D eigenvalue weighted by molar-refractivity contribution is -0.150. The number of nitrogens with one attached hydrogen (secondary N) is 1. The van der Waals surface area contributed by atoms with Gasteiger partial charge in [0.25, 0.3) is 0 Å². The van der Waals surface area contributed by atoms with E-state index in [9.17, 15) is 14.7 Å². The van der Waals surface area contributed by atoms with Crippen molar-refractivity contribution in [1.29, 1.82) is 0 Å². The van der Waals surface area contributed by atoms with Crippen LogP contribution in [0.1, 0.15) is 33.6 Å². The number of rotatable bonds is 4. The molecular formula is C14H22N2O3. The molecule has 0 spiro atoms. The Labute approximate surface area is 114 Å². The molecule has 5 nitrogen and oxygen atoms in total. The zero-order valence-electron chi connectivity index (χ0n) is 11.8. The van der Waals surface area contributed by atoms with Gasteiger partial charge in [0.2, 0.25) is 0 Å². The Hall–Kier alpha value is -1.70. The Morgan fingerprint density at radius 1 is 1.47 bits per heavy atom. The summed E-state index contributed by atoms with van der Waals surface area (Å²) in [7, 11) is 0. The second-order valence-electron chi connectivity index (χ2n) is 5.55. The van der Waals surface area contributed by atoms with E-state index >= 15 is 0 Å². The van der Waals surface area contributed by atoms with Gasteiger partial charge in [-0.1, -0.05) is 13.8 Å². The first-order valence-corrected chi connectivity index (χ1v) is 6.55. The summed E-state index contributed by atoms with van der Waals surface area (Å²) in [5, 5.41) is 12.2. The first-order chi connectivity index (χ1) is 8.83. The Bertz CT molecular complexity index is 400. The Morgan fingerprint density at radius 2 is 2.11 bits per heavy atom. The highest BCUT2D eigenvalue weighted by Gasteiger charge is 2.48. The first kappa shape index (κ1) is 15.4. The molecule has 2 amide bonds. The van der Waals surface area contributed by atoms with Crippen molar-refractivity contribution in [3.05, 3.63) is 0 Å². The normalized spacial score (nSPS) is 24.1. The first-order valence-electron chi connectivity index (χ1n) is 6.55. The molecule has 0 aromatic rings. The van der Waals surface area contributed by atoms with Gasteiger partial charge in [-0.15, -0.1) is 12.3 Å². The lowest BCUT2D eigenvalue weighted by Gasteiger charge is -2.29. The van der Waals surface area contributed by atoms with Crippen LogP contribution in [0.5, 0.6) is 0 Å². The number of urea groups is 1. The highest BCUT2D eigenvalue weighted by atomic mass is 16.4. The number of hydrogen-bond donors (Lipinski definition) is 2. The fourth-order valence-electron chi connectivity index (χ4n) is 2.43. The van der Waals surface area contributed by atoms with E-state index in [2.05, 4.69) is 11.2 Å². The van der Waals surface area contributed by atoms with Crippen molar-refractivity contribution in [2.45, 2.75) is 39.7 Å². The maximum absolute atomic E-state index is 12.0. The smallest absolute Gasteiger partial charge is 0.317 e. The number of carbonyl (C=O) groups excluding carboxylic acids is 1. The lowest BCUT2D eigenvalue weighted by atomic mass is 9.76. The van der Waals surface area contributed by atoms with Crippen LogP contribution >= 0.6 is 0 Å². The van der Waals surface area contributed by atoms with Crippen LogP contribution in [0.3, 0.4) is 0 Å². The minimum atomic E-state index is -0.827. The summed E-state index contributed by atoms with van der Waals surface area (Å²) >= 11 is 0. The number of aliphatic carboxylic acids is 1. The number of carboxylic acid groups (broad SMARTS) is 1. The third kappa shape index (κ3) is 3.19. The van der Waals surface area contributed by atoms with Crippen molar-refractivity contribution < 1.29 is 14.7 Å². The van der Waals surface area contributed by atoms with Crippen LogP contribution in [0.2, 0.25) is 0 Å². The summed E-state index contributed by atoms with van der Waals surface area (Å²) in [6.07, 6.45) is 6.15. The minimum Gasteiger partial charge on any atom is -0.481 e. The summed E-state index contributed by atoms with van der Waals surface area (Å²) in [5.74, 6) is 1.66. The maximum Gasteiger partial charge on any atom is 0.317 e. The third-order valence-corrected chi connectivity index (χ3v) is 3.91.